The third-order valence-corrected chi connectivity index (χ3v) is 2.84. The van der Waals surface area contributed by atoms with E-state index in [4.69, 9.17) is 4.79 Å². The van der Waals surface area contributed by atoms with Gasteiger partial charge in [-0.15, -0.1) is 5.75 Å². The summed E-state index contributed by atoms with van der Waals surface area (Å²) >= 11 is 0. The van der Waals surface area contributed by atoms with Crippen molar-refractivity contribution in [3.05, 3.63) is 59.2 Å². The fourth-order valence-corrected chi connectivity index (χ4v) is 1.55. The largest absolute Gasteiger partial charge is 1.00 e. The number of hydrogen-bond acceptors (Lipinski definition) is 3. The SMILES string of the molecule is C=O.CNc1ccc(C)cc1.Cc1cc(C(F)(F)F)ccc1[O-].[Na+]. The molecule has 2 aromatic carbocycles. The summed E-state index contributed by atoms with van der Waals surface area (Å²) in [4.78, 5) is 8.00. The average Bonchev–Trinajstić information content (AvgIpc) is 2.52. The van der Waals surface area contributed by atoms with E-state index in [0.717, 1.165) is 18.2 Å². The summed E-state index contributed by atoms with van der Waals surface area (Å²) < 4.78 is 36.0. The molecule has 2 rings (SSSR count). The second-order valence-corrected chi connectivity index (χ2v) is 4.59. The van der Waals surface area contributed by atoms with Gasteiger partial charge in [0.15, 0.2) is 0 Å². The van der Waals surface area contributed by atoms with Gasteiger partial charge in [-0.2, -0.15) is 13.2 Å². The first-order chi connectivity index (χ1) is 10.7. The van der Waals surface area contributed by atoms with Crippen LogP contribution in [0.5, 0.6) is 5.75 Å². The number of aryl methyl sites for hydroxylation is 2. The molecule has 0 saturated heterocycles. The van der Waals surface area contributed by atoms with E-state index in [1.165, 1.54) is 18.2 Å². The second kappa shape index (κ2) is 11.9. The van der Waals surface area contributed by atoms with E-state index in [9.17, 15) is 18.3 Å². The molecule has 2 aromatic rings. The first-order valence-corrected chi connectivity index (χ1v) is 6.62. The van der Waals surface area contributed by atoms with Gasteiger partial charge < -0.3 is 15.2 Å². The summed E-state index contributed by atoms with van der Waals surface area (Å²) in [5.41, 5.74) is 1.80. The van der Waals surface area contributed by atoms with Crippen LogP contribution in [0, 0.1) is 13.8 Å². The molecule has 0 unspecified atom stereocenters. The number of benzene rings is 2. The summed E-state index contributed by atoms with van der Waals surface area (Å²) in [5.74, 6) is -0.372. The molecule has 0 aliphatic rings. The van der Waals surface area contributed by atoms with Gasteiger partial charge in [0.1, 0.15) is 6.79 Å². The maximum atomic E-state index is 12.0. The van der Waals surface area contributed by atoms with Crippen molar-refractivity contribution in [2.24, 2.45) is 0 Å². The molecule has 0 aliphatic heterocycles. The molecule has 1 N–H and O–H groups in total. The Morgan fingerprint density at radius 2 is 1.50 bits per heavy atom. The third-order valence-electron chi connectivity index (χ3n) is 2.84. The first kappa shape index (κ1) is 24.7. The predicted octanol–water partition coefficient (Wildman–Crippen LogP) is 0.943. The van der Waals surface area contributed by atoms with E-state index >= 15 is 0 Å². The fraction of sp³-hybridized carbons (Fsp3) is 0.235. The summed E-state index contributed by atoms with van der Waals surface area (Å²) in [6.07, 6.45) is -4.36. The molecule has 0 atom stereocenters. The summed E-state index contributed by atoms with van der Waals surface area (Å²) in [6.45, 7) is 5.44. The van der Waals surface area contributed by atoms with E-state index in [1.807, 2.05) is 13.8 Å². The van der Waals surface area contributed by atoms with Crippen molar-refractivity contribution in [1.82, 2.24) is 0 Å². The number of halogens is 3. The van der Waals surface area contributed by atoms with Gasteiger partial charge >= 0.3 is 35.7 Å². The van der Waals surface area contributed by atoms with Crippen LogP contribution >= 0.6 is 0 Å². The van der Waals surface area contributed by atoms with Crippen molar-refractivity contribution in [3.63, 3.8) is 0 Å². The Kier molecular flexibility index (Phi) is 12.3. The van der Waals surface area contributed by atoms with E-state index < -0.39 is 11.7 Å². The van der Waals surface area contributed by atoms with Crippen molar-refractivity contribution in [3.8, 4) is 5.75 Å². The van der Waals surface area contributed by atoms with E-state index in [1.54, 1.807) is 0 Å². The van der Waals surface area contributed by atoms with Crippen LogP contribution < -0.4 is 40.0 Å². The number of hydrogen-bond donors (Lipinski definition) is 1. The van der Waals surface area contributed by atoms with Crippen LogP contribution in [0.25, 0.3) is 0 Å². The van der Waals surface area contributed by atoms with Crippen molar-refractivity contribution in [1.29, 1.82) is 0 Å². The Labute approximate surface area is 162 Å². The molecular weight excluding hydrogens is 330 g/mol. The molecule has 24 heavy (non-hydrogen) atoms. The number of anilines is 1. The van der Waals surface area contributed by atoms with E-state index in [0.29, 0.717) is 0 Å². The van der Waals surface area contributed by atoms with Crippen LogP contribution in [0.1, 0.15) is 16.7 Å². The van der Waals surface area contributed by atoms with Gasteiger partial charge in [0.2, 0.25) is 0 Å². The van der Waals surface area contributed by atoms with Gasteiger partial charge in [-0.05, 0) is 32.0 Å². The predicted molar refractivity (Wildman–Crippen MR) is 83.5 cm³/mol. The molecule has 0 amide bonds. The van der Waals surface area contributed by atoms with Crippen molar-refractivity contribution < 1.29 is 52.6 Å². The third kappa shape index (κ3) is 8.96. The van der Waals surface area contributed by atoms with E-state index in [2.05, 4.69) is 36.5 Å². The molecule has 3 nitrogen and oxygen atoms in total. The van der Waals surface area contributed by atoms with Crippen molar-refractivity contribution >= 4 is 12.5 Å². The molecule has 0 aliphatic carbocycles. The average molecular weight is 349 g/mol. The molecular formula is C17H19F3NNaO2. The van der Waals surface area contributed by atoms with E-state index in [-0.39, 0.29) is 40.9 Å². The maximum absolute atomic E-state index is 12.0. The Morgan fingerprint density at radius 3 is 1.88 bits per heavy atom. The van der Waals surface area contributed by atoms with Crippen LogP contribution in [0.2, 0.25) is 0 Å². The molecule has 0 saturated carbocycles. The minimum absolute atomic E-state index is 0. The molecule has 0 radical (unpaired) electrons. The van der Waals surface area contributed by atoms with Crippen LogP contribution in [-0.4, -0.2) is 13.8 Å². The number of carbonyl (C=O) groups is 1. The normalized spacial score (nSPS) is 9.42. The molecule has 0 bridgehead atoms. The van der Waals surface area contributed by atoms with Crippen LogP contribution in [-0.2, 0) is 11.0 Å². The zero-order valence-corrected chi connectivity index (χ0v) is 16.2. The maximum Gasteiger partial charge on any atom is 1.00 e. The standard InChI is InChI=1S/C8H7F3O.C8H11N.CH2O.Na/c1-5-4-6(8(9,10)11)2-3-7(5)12;1-7-3-5-8(9-2)6-4-7;1-2;/h2-4,12H,1H3;3-6,9H,1-2H3;1H2;/q;;;+1/p-1. The first-order valence-electron chi connectivity index (χ1n) is 6.62. The van der Waals surface area contributed by atoms with Gasteiger partial charge in [-0.3, -0.25) is 0 Å². The molecule has 0 fully saturated rings. The monoisotopic (exact) mass is 349 g/mol. The van der Waals surface area contributed by atoms with Gasteiger partial charge in [0.05, 0.1) is 5.56 Å². The Balaban J connectivity index is 0. The zero-order chi connectivity index (χ0) is 18.0. The number of nitrogens with one attached hydrogen (secondary N) is 1. The molecule has 0 aromatic heterocycles. The van der Waals surface area contributed by atoms with Crippen LogP contribution in [0.15, 0.2) is 42.5 Å². The smallest absolute Gasteiger partial charge is 0.872 e. The Hall–Kier alpha value is -1.50. The van der Waals surface area contributed by atoms with Gasteiger partial charge in [-0.25, -0.2) is 0 Å². The topological polar surface area (TPSA) is 52.2 Å². The molecule has 0 heterocycles. The number of rotatable bonds is 1. The summed E-state index contributed by atoms with van der Waals surface area (Å²) in [6, 6.07) is 10.9. The second-order valence-electron chi connectivity index (χ2n) is 4.59. The number of carbonyl (C=O) groups excluding carboxylic acids is 1. The summed E-state index contributed by atoms with van der Waals surface area (Å²) in [5, 5.41) is 13.8. The van der Waals surface area contributed by atoms with Crippen molar-refractivity contribution in [2.45, 2.75) is 20.0 Å². The van der Waals surface area contributed by atoms with Crippen LogP contribution in [0.3, 0.4) is 0 Å². The fourth-order valence-electron chi connectivity index (χ4n) is 1.55. The number of alkyl halides is 3. The Bertz CT molecular complexity index is 602. The van der Waals surface area contributed by atoms with Gasteiger partial charge in [0.25, 0.3) is 0 Å². The minimum Gasteiger partial charge on any atom is -0.872 e. The molecule has 7 heteroatoms. The minimum atomic E-state index is -4.36. The molecule has 126 valence electrons. The van der Waals surface area contributed by atoms with Gasteiger partial charge in [-0.1, -0.05) is 35.4 Å². The van der Waals surface area contributed by atoms with Crippen molar-refractivity contribution in [2.75, 3.05) is 12.4 Å². The molecule has 0 spiro atoms. The van der Waals surface area contributed by atoms with Crippen LogP contribution in [0.4, 0.5) is 18.9 Å². The zero-order valence-electron chi connectivity index (χ0n) is 14.2. The quantitative estimate of drug-likeness (QED) is 0.780. The Morgan fingerprint density at radius 1 is 1.00 bits per heavy atom. The van der Waals surface area contributed by atoms with Gasteiger partial charge in [0, 0.05) is 12.7 Å². The summed E-state index contributed by atoms with van der Waals surface area (Å²) in [7, 11) is 1.92.